The number of methoxy groups -OCH3 is 1. The number of hydrogen-bond acceptors (Lipinski definition) is 2. The van der Waals surface area contributed by atoms with Gasteiger partial charge >= 0.3 is 6.03 Å². The Morgan fingerprint density at radius 2 is 1.92 bits per heavy atom. The zero-order valence-electron chi connectivity index (χ0n) is 13.9. The predicted molar refractivity (Wildman–Crippen MR) is 97.4 cm³/mol. The van der Waals surface area contributed by atoms with Crippen LogP contribution in [-0.4, -0.2) is 13.1 Å². The minimum absolute atomic E-state index is 0.0543. The van der Waals surface area contributed by atoms with Crippen LogP contribution in [0.2, 0.25) is 10.0 Å². The van der Waals surface area contributed by atoms with Gasteiger partial charge in [0.1, 0.15) is 5.82 Å². The molecule has 25 heavy (non-hydrogen) atoms. The first-order valence-electron chi connectivity index (χ1n) is 7.66. The summed E-state index contributed by atoms with van der Waals surface area (Å²) < 4.78 is 18.7. The summed E-state index contributed by atoms with van der Waals surface area (Å²) in [5, 5.41) is 5.73. The fourth-order valence-corrected chi connectivity index (χ4v) is 2.92. The van der Waals surface area contributed by atoms with Crippen LogP contribution in [0, 0.1) is 5.82 Å². The van der Waals surface area contributed by atoms with E-state index in [0.29, 0.717) is 23.7 Å². The molecule has 0 heterocycles. The summed E-state index contributed by atoms with van der Waals surface area (Å²) in [5.41, 5.74) is 2.44. The van der Waals surface area contributed by atoms with Crippen molar-refractivity contribution < 1.29 is 13.9 Å². The Morgan fingerprint density at radius 3 is 2.64 bits per heavy atom. The van der Waals surface area contributed by atoms with Crippen molar-refractivity contribution in [2.45, 2.75) is 26.1 Å². The highest BCUT2D eigenvalue weighted by molar-refractivity contribution is 6.35. The lowest BCUT2D eigenvalue weighted by Gasteiger charge is -2.17. The van der Waals surface area contributed by atoms with Crippen LogP contribution in [0.1, 0.15) is 29.7 Å². The number of halogens is 3. The molecular weight excluding hydrogens is 366 g/mol. The van der Waals surface area contributed by atoms with Gasteiger partial charge < -0.3 is 15.4 Å². The van der Waals surface area contributed by atoms with Gasteiger partial charge in [-0.3, -0.25) is 0 Å². The van der Waals surface area contributed by atoms with E-state index in [9.17, 15) is 9.18 Å². The van der Waals surface area contributed by atoms with Crippen LogP contribution < -0.4 is 10.6 Å². The third-order valence-corrected chi connectivity index (χ3v) is 4.23. The van der Waals surface area contributed by atoms with Crippen molar-refractivity contribution in [1.29, 1.82) is 0 Å². The first kappa shape index (κ1) is 19.5. The van der Waals surface area contributed by atoms with E-state index in [2.05, 4.69) is 10.6 Å². The minimum Gasteiger partial charge on any atom is -0.380 e. The molecule has 0 spiro atoms. The maximum atomic E-state index is 13.6. The molecule has 2 aromatic carbocycles. The predicted octanol–water partition coefficient (Wildman–Crippen LogP) is 4.84. The van der Waals surface area contributed by atoms with Crippen LogP contribution in [0.15, 0.2) is 36.4 Å². The van der Waals surface area contributed by atoms with Crippen LogP contribution in [0.25, 0.3) is 0 Å². The molecule has 0 saturated carbocycles. The summed E-state index contributed by atoms with van der Waals surface area (Å²) in [6, 6.07) is 9.42. The fourth-order valence-electron chi connectivity index (χ4n) is 2.37. The standard InChI is InChI=1S/C18H19Cl2FN2O2/c1-11(14-7-17(21)16(20)8-15(14)19)23-18(24)22-9-12-4-3-5-13(6-12)10-25-2/h3-8,11H,9-10H2,1-2H3,(H2,22,23,24). The number of benzene rings is 2. The number of carbonyl (C=O) groups is 1. The van der Waals surface area contributed by atoms with Gasteiger partial charge in [-0.1, -0.05) is 47.5 Å². The molecule has 0 aliphatic rings. The van der Waals surface area contributed by atoms with Gasteiger partial charge in [0.25, 0.3) is 0 Å². The van der Waals surface area contributed by atoms with Gasteiger partial charge in [-0.25, -0.2) is 9.18 Å². The largest absolute Gasteiger partial charge is 0.380 e. The average Bonchev–Trinajstić information content (AvgIpc) is 2.57. The number of nitrogens with one attached hydrogen (secondary N) is 2. The Bertz CT molecular complexity index is 756. The van der Waals surface area contributed by atoms with E-state index in [0.717, 1.165) is 11.1 Å². The molecule has 7 heteroatoms. The normalized spacial score (nSPS) is 11.9. The number of ether oxygens (including phenoxy) is 1. The average molecular weight is 385 g/mol. The highest BCUT2D eigenvalue weighted by Gasteiger charge is 2.15. The Morgan fingerprint density at radius 1 is 1.20 bits per heavy atom. The maximum Gasteiger partial charge on any atom is 0.315 e. The zero-order chi connectivity index (χ0) is 18.4. The Hall–Kier alpha value is -1.82. The van der Waals surface area contributed by atoms with Gasteiger partial charge in [0, 0.05) is 18.7 Å². The molecule has 2 aromatic rings. The van der Waals surface area contributed by atoms with Crippen LogP contribution >= 0.6 is 23.2 Å². The number of rotatable bonds is 6. The lowest BCUT2D eigenvalue weighted by molar-refractivity contribution is 0.185. The van der Waals surface area contributed by atoms with E-state index in [-0.39, 0.29) is 11.1 Å². The molecule has 0 bridgehead atoms. The highest BCUT2D eigenvalue weighted by atomic mass is 35.5. The number of carbonyl (C=O) groups excluding carboxylic acids is 1. The highest BCUT2D eigenvalue weighted by Crippen LogP contribution is 2.28. The molecule has 0 radical (unpaired) electrons. The van der Waals surface area contributed by atoms with E-state index in [1.165, 1.54) is 12.1 Å². The molecule has 0 fully saturated rings. The molecule has 2 amide bonds. The van der Waals surface area contributed by atoms with Gasteiger partial charge in [-0.05, 0) is 35.7 Å². The van der Waals surface area contributed by atoms with Crippen LogP contribution in [-0.2, 0) is 17.9 Å². The quantitative estimate of drug-likeness (QED) is 0.700. The number of urea groups is 1. The third-order valence-electron chi connectivity index (χ3n) is 3.61. The lowest BCUT2D eigenvalue weighted by Crippen LogP contribution is -2.36. The summed E-state index contributed by atoms with van der Waals surface area (Å²) >= 11 is 11.7. The van der Waals surface area contributed by atoms with Crippen LogP contribution in [0.4, 0.5) is 9.18 Å². The van der Waals surface area contributed by atoms with Gasteiger partial charge in [0.05, 0.1) is 17.7 Å². The first-order chi connectivity index (χ1) is 11.9. The monoisotopic (exact) mass is 384 g/mol. The molecule has 2 N–H and O–H groups in total. The second-order valence-electron chi connectivity index (χ2n) is 5.59. The molecule has 0 aliphatic carbocycles. The molecule has 1 atom stereocenters. The minimum atomic E-state index is -0.579. The van der Waals surface area contributed by atoms with Crippen molar-refractivity contribution in [3.63, 3.8) is 0 Å². The van der Waals surface area contributed by atoms with Crippen molar-refractivity contribution in [3.8, 4) is 0 Å². The first-order valence-corrected chi connectivity index (χ1v) is 8.42. The Labute approximate surface area is 156 Å². The molecule has 4 nitrogen and oxygen atoms in total. The van der Waals surface area contributed by atoms with Crippen LogP contribution in [0.5, 0.6) is 0 Å². The van der Waals surface area contributed by atoms with E-state index in [4.69, 9.17) is 27.9 Å². The summed E-state index contributed by atoms with van der Waals surface area (Å²) in [7, 11) is 1.63. The smallest absolute Gasteiger partial charge is 0.315 e. The maximum absolute atomic E-state index is 13.6. The van der Waals surface area contributed by atoms with Gasteiger partial charge in [-0.2, -0.15) is 0 Å². The van der Waals surface area contributed by atoms with Gasteiger partial charge in [-0.15, -0.1) is 0 Å². The number of hydrogen-bond donors (Lipinski definition) is 2. The summed E-state index contributed by atoms with van der Waals surface area (Å²) in [4.78, 5) is 12.1. The lowest BCUT2D eigenvalue weighted by atomic mass is 10.1. The van der Waals surface area contributed by atoms with E-state index in [1.54, 1.807) is 14.0 Å². The van der Waals surface area contributed by atoms with Gasteiger partial charge in [0.15, 0.2) is 0 Å². The second-order valence-corrected chi connectivity index (χ2v) is 6.40. The number of amides is 2. The topological polar surface area (TPSA) is 50.4 Å². The summed E-state index contributed by atoms with van der Waals surface area (Å²) in [5.74, 6) is -0.579. The molecule has 134 valence electrons. The van der Waals surface area contributed by atoms with Crippen molar-refractivity contribution in [2.24, 2.45) is 0 Å². The molecule has 0 aromatic heterocycles. The Balaban J connectivity index is 1.94. The SMILES string of the molecule is COCc1cccc(CNC(=O)NC(C)c2cc(F)c(Cl)cc2Cl)c1. The van der Waals surface area contributed by atoms with Crippen molar-refractivity contribution in [1.82, 2.24) is 10.6 Å². The fraction of sp³-hybridized carbons (Fsp3) is 0.278. The molecule has 2 rings (SSSR count). The van der Waals surface area contributed by atoms with E-state index in [1.807, 2.05) is 24.3 Å². The molecule has 0 saturated heterocycles. The summed E-state index contributed by atoms with van der Waals surface area (Å²) in [6.07, 6.45) is 0. The summed E-state index contributed by atoms with van der Waals surface area (Å²) in [6.45, 7) is 2.59. The van der Waals surface area contributed by atoms with Gasteiger partial charge in [0.2, 0.25) is 0 Å². The molecule has 0 aliphatic heterocycles. The molecule has 1 unspecified atom stereocenters. The van der Waals surface area contributed by atoms with E-state index < -0.39 is 11.9 Å². The van der Waals surface area contributed by atoms with E-state index >= 15 is 0 Å². The third kappa shape index (κ3) is 5.59. The zero-order valence-corrected chi connectivity index (χ0v) is 15.4. The second kappa shape index (κ2) is 9.04. The van der Waals surface area contributed by atoms with Crippen molar-refractivity contribution >= 4 is 29.2 Å². The Kier molecular flexibility index (Phi) is 7.05. The van der Waals surface area contributed by atoms with Crippen LogP contribution in [0.3, 0.4) is 0 Å². The van der Waals surface area contributed by atoms with Crippen molar-refractivity contribution in [2.75, 3.05) is 7.11 Å². The molecular formula is C18H19Cl2FN2O2. The van der Waals surface area contributed by atoms with Crippen molar-refractivity contribution in [3.05, 3.63) is 69.0 Å².